The molecule has 0 saturated carbocycles. The van der Waals surface area contributed by atoms with Crippen molar-refractivity contribution in [3.8, 4) is 16.3 Å². The second-order valence-electron chi connectivity index (χ2n) is 5.91. The van der Waals surface area contributed by atoms with Gasteiger partial charge < -0.3 is 9.64 Å². The van der Waals surface area contributed by atoms with E-state index in [1.165, 1.54) is 11.3 Å². The summed E-state index contributed by atoms with van der Waals surface area (Å²) in [5.41, 5.74) is 2.22. The summed E-state index contributed by atoms with van der Waals surface area (Å²) >= 11 is 13.7. The molecule has 7 heteroatoms. The van der Waals surface area contributed by atoms with Crippen LogP contribution in [0.2, 0.25) is 10.0 Å². The number of thiazole rings is 1. The molecule has 2 aromatic carbocycles. The number of benzene rings is 2. The summed E-state index contributed by atoms with van der Waals surface area (Å²) < 4.78 is 5.79. The monoisotopic (exact) mass is 420 g/mol. The zero-order chi connectivity index (χ0) is 19.4. The molecule has 0 spiro atoms. The Morgan fingerprint density at radius 1 is 1.19 bits per heavy atom. The summed E-state index contributed by atoms with van der Waals surface area (Å²) in [4.78, 5) is 18.3. The summed E-state index contributed by atoms with van der Waals surface area (Å²) in [5.74, 6) is 0.566. The van der Waals surface area contributed by atoms with Gasteiger partial charge in [-0.3, -0.25) is 4.79 Å². The molecule has 0 saturated heterocycles. The molecule has 0 bridgehead atoms. The largest absolute Gasteiger partial charge is 0.489 e. The minimum atomic E-state index is -0.0981. The predicted molar refractivity (Wildman–Crippen MR) is 111 cm³/mol. The van der Waals surface area contributed by atoms with Crippen molar-refractivity contribution >= 4 is 40.4 Å². The van der Waals surface area contributed by atoms with Crippen LogP contribution in [0.15, 0.2) is 47.8 Å². The van der Waals surface area contributed by atoms with Crippen LogP contribution in [0.25, 0.3) is 10.6 Å². The number of ether oxygens (including phenoxy) is 1. The Morgan fingerprint density at radius 2 is 1.93 bits per heavy atom. The molecule has 0 aliphatic rings. The summed E-state index contributed by atoms with van der Waals surface area (Å²) in [6.07, 6.45) is 0. The Bertz CT molecular complexity index is 941. The van der Waals surface area contributed by atoms with Crippen LogP contribution in [0.1, 0.15) is 23.0 Å². The van der Waals surface area contributed by atoms with Crippen LogP contribution < -0.4 is 4.74 Å². The van der Waals surface area contributed by atoms with E-state index in [9.17, 15) is 4.79 Å². The SMILES string of the molecule is CCN(C)C(=O)c1csc(-c2ccc(OCc3ccc(Cl)cc3)cc2Cl)n1. The minimum Gasteiger partial charge on any atom is -0.489 e. The molecule has 27 heavy (non-hydrogen) atoms. The lowest BCUT2D eigenvalue weighted by Gasteiger charge is -2.12. The summed E-state index contributed by atoms with van der Waals surface area (Å²) in [6.45, 7) is 2.98. The summed E-state index contributed by atoms with van der Waals surface area (Å²) in [6, 6.07) is 12.9. The first-order valence-corrected chi connectivity index (χ1v) is 9.99. The number of hydrogen-bond donors (Lipinski definition) is 0. The van der Waals surface area contributed by atoms with Crippen LogP contribution in [0.5, 0.6) is 5.75 Å². The Hall–Kier alpha value is -2.08. The molecule has 140 valence electrons. The van der Waals surface area contributed by atoms with Crippen molar-refractivity contribution < 1.29 is 9.53 Å². The molecule has 0 aliphatic carbocycles. The lowest BCUT2D eigenvalue weighted by atomic mass is 10.2. The number of carbonyl (C=O) groups excluding carboxylic acids is 1. The topological polar surface area (TPSA) is 42.4 Å². The highest BCUT2D eigenvalue weighted by Crippen LogP contribution is 2.33. The van der Waals surface area contributed by atoms with Gasteiger partial charge in [0.15, 0.2) is 0 Å². The van der Waals surface area contributed by atoms with Gasteiger partial charge in [-0.1, -0.05) is 35.3 Å². The molecule has 0 radical (unpaired) electrons. The van der Waals surface area contributed by atoms with Gasteiger partial charge in [-0.25, -0.2) is 4.98 Å². The Kier molecular flexibility index (Phi) is 6.37. The molecule has 4 nitrogen and oxygen atoms in total. The lowest BCUT2D eigenvalue weighted by molar-refractivity contribution is 0.0797. The first-order chi connectivity index (χ1) is 13.0. The molecule has 1 heterocycles. The molecular formula is C20H18Cl2N2O2S. The number of aromatic nitrogens is 1. The Morgan fingerprint density at radius 3 is 2.59 bits per heavy atom. The van der Waals surface area contributed by atoms with Crippen molar-refractivity contribution in [1.29, 1.82) is 0 Å². The van der Waals surface area contributed by atoms with Crippen LogP contribution in [-0.2, 0) is 6.61 Å². The summed E-state index contributed by atoms with van der Waals surface area (Å²) in [7, 11) is 1.75. The molecule has 0 N–H and O–H groups in total. The van der Waals surface area contributed by atoms with Crippen LogP contribution in [-0.4, -0.2) is 29.4 Å². The van der Waals surface area contributed by atoms with E-state index >= 15 is 0 Å². The maximum absolute atomic E-state index is 12.2. The van der Waals surface area contributed by atoms with E-state index in [0.717, 1.165) is 11.1 Å². The number of carbonyl (C=O) groups is 1. The Labute approximate surface area is 172 Å². The predicted octanol–water partition coefficient (Wildman–Crippen LogP) is 5.79. The fraction of sp³-hybridized carbons (Fsp3) is 0.200. The molecular weight excluding hydrogens is 403 g/mol. The van der Waals surface area contributed by atoms with Crippen molar-refractivity contribution in [3.05, 3.63) is 69.1 Å². The first kappa shape index (κ1) is 19.7. The van der Waals surface area contributed by atoms with Crippen LogP contribution >= 0.6 is 34.5 Å². The van der Waals surface area contributed by atoms with Gasteiger partial charge in [-0.2, -0.15) is 0 Å². The molecule has 1 aromatic heterocycles. The van der Waals surface area contributed by atoms with E-state index in [1.54, 1.807) is 23.4 Å². The van der Waals surface area contributed by atoms with Crippen molar-refractivity contribution in [2.75, 3.05) is 13.6 Å². The standard InChI is InChI=1S/C20H18Cl2N2O2S/c1-3-24(2)20(25)18-12-27-19(23-18)16-9-8-15(10-17(16)22)26-11-13-4-6-14(21)7-5-13/h4-10,12H,3,11H2,1-2H3. The highest BCUT2D eigenvalue weighted by molar-refractivity contribution is 7.13. The third-order valence-electron chi connectivity index (χ3n) is 4.03. The normalized spacial score (nSPS) is 10.7. The zero-order valence-electron chi connectivity index (χ0n) is 14.9. The molecule has 0 atom stereocenters. The van der Waals surface area contributed by atoms with Crippen LogP contribution in [0.3, 0.4) is 0 Å². The van der Waals surface area contributed by atoms with Gasteiger partial charge in [-0.15, -0.1) is 11.3 Å². The molecule has 0 aliphatic heterocycles. The molecule has 0 unspecified atom stereocenters. The zero-order valence-corrected chi connectivity index (χ0v) is 17.2. The van der Waals surface area contributed by atoms with Crippen molar-refractivity contribution in [2.24, 2.45) is 0 Å². The number of halogens is 2. The van der Waals surface area contributed by atoms with Gasteiger partial charge in [0.1, 0.15) is 23.1 Å². The van der Waals surface area contributed by atoms with E-state index < -0.39 is 0 Å². The molecule has 3 aromatic rings. The van der Waals surface area contributed by atoms with Crippen LogP contribution in [0.4, 0.5) is 0 Å². The van der Waals surface area contributed by atoms with Crippen LogP contribution in [0, 0.1) is 0 Å². The minimum absolute atomic E-state index is 0.0981. The van der Waals surface area contributed by atoms with Gasteiger partial charge in [0.25, 0.3) is 5.91 Å². The Balaban J connectivity index is 1.72. The van der Waals surface area contributed by atoms with Gasteiger partial charge >= 0.3 is 0 Å². The van der Waals surface area contributed by atoms with E-state index in [4.69, 9.17) is 27.9 Å². The van der Waals surface area contributed by atoms with Gasteiger partial charge in [0.2, 0.25) is 0 Å². The highest BCUT2D eigenvalue weighted by atomic mass is 35.5. The lowest BCUT2D eigenvalue weighted by Crippen LogP contribution is -2.26. The van der Waals surface area contributed by atoms with Gasteiger partial charge in [0, 0.05) is 29.6 Å². The second kappa shape index (κ2) is 8.74. The maximum Gasteiger partial charge on any atom is 0.273 e. The molecule has 1 amide bonds. The maximum atomic E-state index is 12.2. The second-order valence-corrected chi connectivity index (χ2v) is 7.62. The smallest absolute Gasteiger partial charge is 0.273 e. The third kappa shape index (κ3) is 4.80. The van der Waals surface area contributed by atoms with Crippen molar-refractivity contribution in [3.63, 3.8) is 0 Å². The van der Waals surface area contributed by atoms with E-state index in [0.29, 0.717) is 39.6 Å². The number of rotatable bonds is 6. The number of nitrogens with zero attached hydrogens (tertiary/aromatic N) is 2. The van der Waals surface area contributed by atoms with E-state index in [2.05, 4.69) is 4.98 Å². The first-order valence-electron chi connectivity index (χ1n) is 8.36. The fourth-order valence-corrected chi connectivity index (χ4v) is 3.62. The quantitative estimate of drug-likeness (QED) is 0.506. The van der Waals surface area contributed by atoms with E-state index in [-0.39, 0.29) is 5.91 Å². The van der Waals surface area contributed by atoms with Gasteiger partial charge in [-0.05, 0) is 42.8 Å². The molecule has 3 rings (SSSR count). The molecule has 0 fully saturated rings. The van der Waals surface area contributed by atoms with Crippen molar-refractivity contribution in [2.45, 2.75) is 13.5 Å². The number of amides is 1. The average Bonchev–Trinajstić information content (AvgIpc) is 3.16. The fourth-order valence-electron chi connectivity index (χ4n) is 2.34. The number of hydrogen-bond acceptors (Lipinski definition) is 4. The van der Waals surface area contributed by atoms with Gasteiger partial charge in [0.05, 0.1) is 5.02 Å². The van der Waals surface area contributed by atoms with Crippen molar-refractivity contribution in [1.82, 2.24) is 9.88 Å². The highest BCUT2D eigenvalue weighted by Gasteiger charge is 2.16. The van der Waals surface area contributed by atoms with E-state index in [1.807, 2.05) is 43.3 Å². The summed E-state index contributed by atoms with van der Waals surface area (Å²) in [5, 5.41) is 3.68. The third-order valence-corrected chi connectivity index (χ3v) is 5.47. The average molecular weight is 421 g/mol.